The number of nitrogens with one attached hydrogen (secondary N) is 1. The number of carbonyl (C=O) groups is 2. The van der Waals surface area contributed by atoms with Crippen LogP contribution in [0.25, 0.3) is 0 Å². The Morgan fingerprint density at radius 3 is 2.52 bits per heavy atom. The predicted molar refractivity (Wildman–Crippen MR) is 104 cm³/mol. The molecule has 0 fully saturated rings. The summed E-state index contributed by atoms with van der Waals surface area (Å²) in [5, 5.41) is 21.3. The maximum Gasteiger partial charge on any atom is 0.475 e. The van der Waals surface area contributed by atoms with Crippen molar-refractivity contribution in [2.24, 2.45) is 16.5 Å². The standard InChI is InChI=1S/C17H28BN5O4/c1-23(16(25)10-9-13-6-3-2-4-7-13)12-15(24)22-14(18(26)27)8-5-11-21-17(19)20/h2-4,6-7,14,26-27H,5,8-12H2,1H3,(H,22,24)(H4,19,20,21). The van der Waals surface area contributed by atoms with Crippen LogP contribution < -0.4 is 16.8 Å². The number of hydrogen-bond acceptors (Lipinski definition) is 5. The van der Waals surface area contributed by atoms with Gasteiger partial charge < -0.3 is 31.7 Å². The summed E-state index contributed by atoms with van der Waals surface area (Å²) in [7, 11) is -0.178. The van der Waals surface area contributed by atoms with E-state index in [0.717, 1.165) is 5.56 Å². The quantitative estimate of drug-likeness (QED) is 0.139. The van der Waals surface area contributed by atoms with Crippen LogP contribution in [0.3, 0.4) is 0 Å². The highest BCUT2D eigenvalue weighted by Crippen LogP contribution is 2.04. The number of aryl methyl sites for hydroxylation is 1. The Balaban J connectivity index is 2.40. The van der Waals surface area contributed by atoms with E-state index >= 15 is 0 Å². The average molecular weight is 377 g/mol. The fraction of sp³-hybridized carbons (Fsp3) is 0.471. The highest BCUT2D eigenvalue weighted by Gasteiger charge is 2.25. The number of hydrogen-bond donors (Lipinski definition) is 5. The van der Waals surface area contributed by atoms with E-state index in [1.54, 1.807) is 0 Å². The summed E-state index contributed by atoms with van der Waals surface area (Å²) in [6.07, 6.45) is 1.63. The molecule has 7 N–H and O–H groups in total. The van der Waals surface area contributed by atoms with Crippen molar-refractivity contribution in [3.05, 3.63) is 35.9 Å². The molecule has 0 bridgehead atoms. The molecular formula is C17H28BN5O4. The second kappa shape index (κ2) is 11.9. The lowest BCUT2D eigenvalue weighted by Crippen LogP contribution is -2.49. The predicted octanol–water partition coefficient (Wildman–Crippen LogP) is -1.37. The van der Waals surface area contributed by atoms with E-state index < -0.39 is 19.0 Å². The van der Waals surface area contributed by atoms with Crippen LogP contribution in [0.5, 0.6) is 0 Å². The Labute approximate surface area is 159 Å². The van der Waals surface area contributed by atoms with Gasteiger partial charge in [-0.1, -0.05) is 30.3 Å². The fourth-order valence-corrected chi connectivity index (χ4v) is 2.46. The molecule has 1 rings (SSSR count). The molecular weight excluding hydrogens is 349 g/mol. The molecule has 2 amide bonds. The van der Waals surface area contributed by atoms with Crippen LogP contribution >= 0.6 is 0 Å². The Morgan fingerprint density at radius 1 is 1.26 bits per heavy atom. The zero-order valence-electron chi connectivity index (χ0n) is 15.5. The van der Waals surface area contributed by atoms with E-state index in [-0.39, 0.29) is 24.8 Å². The van der Waals surface area contributed by atoms with Gasteiger partial charge in [0.2, 0.25) is 11.8 Å². The van der Waals surface area contributed by atoms with Gasteiger partial charge in [-0.15, -0.1) is 0 Å². The summed E-state index contributed by atoms with van der Waals surface area (Å²) in [6.45, 7) is 0.157. The van der Waals surface area contributed by atoms with E-state index in [1.807, 2.05) is 30.3 Å². The number of rotatable bonds is 11. The number of carbonyl (C=O) groups excluding carboxylic acids is 2. The van der Waals surface area contributed by atoms with Crippen LogP contribution in [0, 0.1) is 0 Å². The van der Waals surface area contributed by atoms with Gasteiger partial charge >= 0.3 is 7.12 Å². The van der Waals surface area contributed by atoms with Crippen LogP contribution in [0.2, 0.25) is 0 Å². The maximum absolute atomic E-state index is 12.2. The molecule has 1 atom stereocenters. The van der Waals surface area contributed by atoms with E-state index in [1.165, 1.54) is 11.9 Å². The highest BCUT2D eigenvalue weighted by atomic mass is 16.4. The first-order valence-electron chi connectivity index (χ1n) is 8.78. The summed E-state index contributed by atoms with van der Waals surface area (Å²) < 4.78 is 0. The largest absolute Gasteiger partial charge is 0.475 e. The van der Waals surface area contributed by atoms with Crippen molar-refractivity contribution in [3.8, 4) is 0 Å². The van der Waals surface area contributed by atoms with Crippen LogP contribution in [0.1, 0.15) is 24.8 Å². The molecule has 0 aromatic heterocycles. The Morgan fingerprint density at radius 2 is 1.93 bits per heavy atom. The van der Waals surface area contributed by atoms with Gasteiger partial charge in [-0.25, -0.2) is 0 Å². The maximum atomic E-state index is 12.2. The Bertz CT molecular complexity index is 623. The van der Waals surface area contributed by atoms with Crippen LogP contribution in [0.15, 0.2) is 35.3 Å². The molecule has 0 radical (unpaired) electrons. The monoisotopic (exact) mass is 377 g/mol. The van der Waals surface area contributed by atoms with Gasteiger partial charge in [0, 0.05) is 20.0 Å². The van der Waals surface area contributed by atoms with Crippen LogP contribution in [-0.4, -0.2) is 65.9 Å². The molecule has 1 unspecified atom stereocenters. The molecule has 27 heavy (non-hydrogen) atoms. The Hall–Kier alpha value is -2.59. The van der Waals surface area contributed by atoms with Crippen molar-refractivity contribution < 1.29 is 19.6 Å². The van der Waals surface area contributed by atoms with Crippen LogP contribution in [0.4, 0.5) is 0 Å². The first-order chi connectivity index (χ1) is 12.8. The third-order valence-corrected chi connectivity index (χ3v) is 3.95. The molecule has 0 saturated carbocycles. The summed E-state index contributed by atoms with van der Waals surface area (Å²) in [4.78, 5) is 29.4. The fourth-order valence-electron chi connectivity index (χ4n) is 2.46. The molecule has 0 aliphatic heterocycles. The number of benzene rings is 1. The number of aliphatic imine (C=N–C) groups is 1. The molecule has 1 aromatic carbocycles. The second-order valence-corrected chi connectivity index (χ2v) is 6.27. The molecule has 0 spiro atoms. The SMILES string of the molecule is CN(CC(=O)NC(CCCN=C(N)N)B(O)O)C(=O)CCc1ccccc1. The summed E-state index contributed by atoms with van der Waals surface area (Å²) >= 11 is 0. The van der Waals surface area contributed by atoms with E-state index in [9.17, 15) is 19.6 Å². The smallest absolute Gasteiger partial charge is 0.426 e. The van der Waals surface area contributed by atoms with Gasteiger partial charge in [-0.05, 0) is 24.8 Å². The van der Waals surface area contributed by atoms with Crippen molar-refractivity contribution in [2.45, 2.75) is 31.6 Å². The average Bonchev–Trinajstić information content (AvgIpc) is 2.62. The van der Waals surface area contributed by atoms with E-state index in [4.69, 9.17) is 11.5 Å². The number of nitrogens with zero attached hydrogens (tertiary/aromatic N) is 2. The number of likely N-dealkylation sites (N-methyl/N-ethyl adjacent to an activating group) is 1. The second-order valence-electron chi connectivity index (χ2n) is 6.27. The molecule has 1 aromatic rings. The van der Waals surface area contributed by atoms with Gasteiger partial charge in [-0.2, -0.15) is 0 Å². The number of amides is 2. The lowest BCUT2D eigenvalue weighted by atomic mass is 9.76. The lowest BCUT2D eigenvalue weighted by molar-refractivity contribution is -0.134. The van der Waals surface area contributed by atoms with E-state index in [2.05, 4.69) is 10.3 Å². The zero-order chi connectivity index (χ0) is 20.2. The van der Waals surface area contributed by atoms with Crippen molar-refractivity contribution >= 4 is 24.9 Å². The molecule has 9 nitrogen and oxygen atoms in total. The van der Waals surface area contributed by atoms with Crippen molar-refractivity contribution in [1.29, 1.82) is 0 Å². The van der Waals surface area contributed by atoms with E-state index in [0.29, 0.717) is 25.8 Å². The minimum atomic E-state index is -1.72. The zero-order valence-corrected chi connectivity index (χ0v) is 15.5. The topological polar surface area (TPSA) is 154 Å². The lowest BCUT2D eigenvalue weighted by Gasteiger charge is -2.21. The first kappa shape index (κ1) is 22.5. The van der Waals surface area contributed by atoms with Gasteiger partial charge in [0.25, 0.3) is 0 Å². The van der Waals surface area contributed by atoms with Gasteiger partial charge in [0.15, 0.2) is 5.96 Å². The summed E-state index contributed by atoms with van der Waals surface area (Å²) in [5.74, 6) is -1.54. The molecule has 0 saturated heterocycles. The first-order valence-corrected chi connectivity index (χ1v) is 8.78. The summed E-state index contributed by atoms with van der Waals surface area (Å²) in [5.41, 5.74) is 11.5. The van der Waals surface area contributed by atoms with Gasteiger partial charge in [-0.3, -0.25) is 14.6 Å². The van der Waals surface area contributed by atoms with Gasteiger partial charge in [0.05, 0.1) is 12.5 Å². The Kier molecular flexibility index (Phi) is 9.91. The minimum absolute atomic E-state index is 0.0456. The molecule has 10 heteroatoms. The molecule has 0 aliphatic rings. The van der Waals surface area contributed by atoms with Gasteiger partial charge in [0.1, 0.15) is 0 Å². The number of nitrogens with two attached hydrogens (primary N) is 2. The normalized spacial score (nSPS) is 11.4. The molecule has 0 aliphatic carbocycles. The molecule has 148 valence electrons. The molecule has 0 heterocycles. The van der Waals surface area contributed by atoms with Crippen molar-refractivity contribution in [1.82, 2.24) is 10.2 Å². The van der Waals surface area contributed by atoms with Crippen molar-refractivity contribution in [3.63, 3.8) is 0 Å². The third-order valence-electron chi connectivity index (χ3n) is 3.95. The van der Waals surface area contributed by atoms with Crippen molar-refractivity contribution in [2.75, 3.05) is 20.1 Å². The summed E-state index contributed by atoms with van der Waals surface area (Å²) in [6, 6.07) is 9.60. The minimum Gasteiger partial charge on any atom is -0.426 e. The highest BCUT2D eigenvalue weighted by molar-refractivity contribution is 6.43. The van der Waals surface area contributed by atoms with Crippen LogP contribution in [-0.2, 0) is 16.0 Å². The third kappa shape index (κ3) is 9.62. The number of guanidine groups is 1.